The van der Waals surface area contributed by atoms with Crippen LogP contribution in [0.2, 0.25) is 0 Å². The first-order chi connectivity index (χ1) is 13.2. The summed E-state index contributed by atoms with van der Waals surface area (Å²) in [5, 5.41) is 0. The fourth-order valence-electron chi connectivity index (χ4n) is 2.58. The number of aliphatic imine (C=N–C) groups is 1. The van der Waals surface area contributed by atoms with Gasteiger partial charge in [-0.25, -0.2) is 14.2 Å². The first-order valence-electron chi connectivity index (χ1n) is 8.22. The summed E-state index contributed by atoms with van der Waals surface area (Å²) in [6.45, 7) is 0.198. The first kappa shape index (κ1) is 16.8. The smallest absolute Gasteiger partial charge is 0.363 e. The largest absolute Gasteiger partial charge is 0.488 e. The van der Waals surface area contributed by atoms with Crippen LogP contribution in [0, 0.1) is 5.82 Å². The molecule has 1 aromatic heterocycles. The summed E-state index contributed by atoms with van der Waals surface area (Å²) >= 11 is 0. The third kappa shape index (κ3) is 3.79. The summed E-state index contributed by atoms with van der Waals surface area (Å²) in [6.07, 6.45) is 3.06. The Bertz CT molecular complexity index is 1040. The van der Waals surface area contributed by atoms with Gasteiger partial charge in [0.2, 0.25) is 0 Å². The Kier molecular flexibility index (Phi) is 4.53. The van der Waals surface area contributed by atoms with E-state index in [9.17, 15) is 9.18 Å². The molecule has 0 saturated carbocycles. The van der Waals surface area contributed by atoms with E-state index in [-0.39, 0.29) is 24.0 Å². The molecule has 1 aliphatic heterocycles. The molecule has 1 aliphatic rings. The zero-order valence-electron chi connectivity index (χ0n) is 14.1. The fourth-order valence-corrected chi connectivity index (χ4v) is 2.58. The van der Waals surface area contributed by atoms with E-state index in [1.807, 2.05) is 12.1 Å². The molecule has 0 aliphatic carbocycles. The molecule has 2 aromatic carbocycles. The zero-order valence-corrected chi connectivity index (χ0v) is 14.1. The van der Waals surface area contributed by atoms with Gasteiger partial charge in [-0.3, -0.25) is 0 Å². The predicted molar refractivity (Wildman–Crippen MR) is 96.5 cm³/mol. The van der Waals surface area contributed by atoms with E-state index in [1.165, 1.54) is 18.4 Å². The van der Waals surface area contributed by atoms with Crippen LogP contribution in [0.3, 0.4) is 0 Å². The number of halogens is 1. The Balaban J connectivity index is 1.57. The second-order valence-corrected chi connectivity index (χ2v) is 5.77. The average Bonchev–Trinajstić information content (AvgIpc) is 3.31. The maximum absolute atomic E-state index is 13.3. The van der Waals surface area contributed by atoms with Crippen LogP contribution < -0.4 is 4.74 Å². The van der Waals surface area contributed by atoms with E-state index >= 15 is 0 Å². The molecule has 0 N–H and O–H groups in total. The number of hydrogen-bond donors (Lipinski definition) is 0. The fraction of sp³-hybridized carbons (Fsp3) is 0.0476. The SMILES string of the molecule is O=C1OC(c2ccco2)=N/C1=C\c1ccccc1OCc1cccc(F)c1. The average molecular weight is 363 g/mol. The van der Waals surface area contributed by atoms with Gasteiger partial charge in [0, 0.05) is 5.56 Å². The van der Waals surface area contributed by atoms with Gasteiger partial charge in [0.1, 0.15) is 18.2 Å². The minimum absolute atomic E-state index is 0.120. The molecule has 0 spiro atoms. The Morgan fingerprint density at radius 3 is 2.78 bits per heavy atom. The van der Waals surface area contributed by atoms with Crippen molar-refractivity contribution in [3.8, 4) is 5.75 Å². The van der Waals surface area contributed by atoms with E-state index < -0.39 is 5.97 Å². The van der Waals surface area contributed by atoms with Crippen LogP contribution in [0.5, 0.6) is 5.75 Å². The quantitative estimate of drug-likeness (QED) is 0.500. The lowest BCUT2D eigenvalue weighted by Crippen LogP contribution is -2.04. The van der Waals surface area contributed by atoms with Gasteiger partial charge < -0.3 is 13.9 Å². The summed E-state index contributed by atoms with van der Waals surface area (Å²) in [5.41, 5.74) is 1.50. The highest BCUT2D eigenvalue weighted by Gasteiger charge is 2.26. The minimum atomic E-state index is -0.568. The van der Waals surface area contributed by atoms with E-state index in [1.54, 1.807) is 42.5 Å². The normalized spacial score (nSPS) is 14.9. The highest BCUT2D eigenvalue weighted by molar-refractivity contribution is 6.11. The minimum Gasteiger partial charge on any atom is -0.488 e. The van der Waals surface area contributed by atoms with Gasteiger partial charge in [-0.1, -0.05) is 30.3 Å². The van der Waals surface area contributed by atoms with Gasteiger partial charge in [-0.05, 0) is 42.0 Å². The molecule has 3 aromatic rings. The molecule has 5 nitrogen and oxygen atoms in total. The van der Waals surface area contributed by atoms with Crippen LogP contribution >= 0.6 is 0 Å². The maximum Gasteiger partial charge on any atom is 0.363 e. The van der Waals surface area contributed by atoms with Crippen molar-refractivity contribution in [2.45, 2.75) is 6.61 Å². The number of benzene rings is 2. The van der Waals surface area contributed by atoms with E-state index in [0.717, 1.165) is 0 Å². The Morgan fingerprint density at radius 1 is 1.07 bits per heavy atom. The van der Waals surface area contributed by atoms with Crippen molar-refractivity contribution < 1.29 is 23.1 Å². The Labute approximate surface area is 154 Å². The highest BCUT2D eigenvalue weighted by atomic mass is 19.1. The third-order valence-corrected chi connectivity index (χ3v) is 3.85. The Morgan fingerprint density at radius 2 is 1.96 bits per heavy atom. The number of carbonyl (C=O) groups is 1. The number of furan rings is 1. The van der Waals surface area contributed by atoms with Crippen LogP contribution in [0.1, 0.15) is 16.9 Å². The number of cyclic esters (lactones) is 1. The number of para-hydroxylation sites is 1. The van der Waals surface area contributed by atoms with Crippen LogP contribution in [-0.4, -0.2) is 11.9 Å². The molecule has 6 heteroatoms. The number of rotatable bonds is 5. The van der Waals surface area contributed by atoms with Crippen molar-refractivity contribution in [3.05, 3.63) is 95.3 Å². The topological polar surface area (TPSA) is 61.0 Å². The molecule has 0 unspecified atom stereocenters. The molecule has 4 rings (SSSR count). The van der Waals surface area contributed by atoms with Crippen LogP contribution in [0.25, 0.3) is 6.08 Å². The van der Waals surface area contributed by atoms with Crippen LogP contribution in [0.15, 0.2) is 82.0 Å². The molecule has 0 amide bonds. The van der Waals surface area contributed by atoms with Gasteiger partial charge >= 0.3 is 5.97 Å². The van der Waals surface area contributed by atoms with Crippen molar-refractivity contribution in [1.82, 2.24) is 0 Å². The number of nitrogens with zero attached hydrogens (tertiary/aromatic N) is 1. The lowest BCUT2D eigenvalue weighted by molar-refractivity contribution is -0.130. The number of carbonyl (C=O) groups excluding carboxylic acids is 1. The molecule has 0 radical (unpaired) electrons. The summed E-state index contributed by atoms with van der Waals surface area (Å²) in [6, 6.07) is 16.7. The van der Waals surface area contributed by atoms with Gasteiger partial charge in [-0.2, -0.15) is 0 Å². The molecular formula is C21H14FNO4. The van der Waals surface area contributed by atoms with Crippen LogP contribution in [0.4, 0.5) is 4.39 Å². The van der Waals surface area contributed by atoms with Gasteiger partial charge in [-0.15, -0.1) is 0 Å². The molecule has 134 valence electrons. The van der Waals surface area contributed by atoms with E-state index in [2.05, 4.69) is 4.99 Å². The van der Waals surface area contributed by atoms with Crippen LogP contribution in [-0.2, 0) is 16.1 Å². The summed E-state index contributed by atoms with van der Waals surface area (Å²) in [5.74, 6) is 0.154. The summed E-state index contributed by atoms with van der Waals surface area (Å²) in [4.78, 5) is 16.3. The van der Waals surface area contributed by atoms with Crippen molar-refractivity contribution in [1.29, 1.82) is 0 Å². The summed E-state index contributed by atoms with van der Waals surface area (Å²) < 4.78 is 29.4. The van der Waals surface area contributed by atoms with Crippen molar-refractivity contribution in [3.63, 3.8) is 0 Å². The summed E-state index contributed by atoms with van der Waals surface area (Å²) in [7, 11) is 0. The second-order valence-electron chi connectivity index (χ2n) is 5.77. The number of esters is 1. The molecule has 0 bridgehead atoms. The predicted octanol–water partition coefficient (Wildman–Crippen LogP) is 4.34. The highest BCUT2D eigenvalue weighted by Crippen LogP contribution is 2.25. The standard InChI is InChI=1S/C21H14FNO4/c22-16-7-3-5-14(11-16)13-26-18-8-2-1-6-15(18)12-17-21(24)27-20(23-17)19-9-4-10-25-19/h1-12H,13H2/b17-12-. The lowest BCUT2D eigenvalue weighted by atomic mass is 10.1. The van der Waals surface area contributed by atoms with E-state index in [4.69, 9.17) is 13.9 Å². The molecule has 0 saturated heterocycles. The molecular weight excluding hydrogens is 349 g/mol. The number of hydrogen-bond acceptors (Lipinski definition) is 5. The van der Waals surface area contributed by atoms with Gasteiger partial charge in [0.25, 0.3) is 5.90 Å². The van der Waals surface area contributed by atoms with Gasteiger partial charge in [0.05, 0.1) is 6.26 Å². The zero-order chi connectivity index (χ0) is 18.6. The maximum atomic E-state index is 13.3. The van der Waals surface area contributed by atoms with E-state index in [0.29, 0.717) is 22.6 Å². The molecule has 0 fully saturated rings. The second kappa shape index (κ2) is 7.29. The first-order valence-corrected chi connectivity index (χ1v) is 8.22. The van der Waals surface area contributed by atoms with Gasteiger partial charge in [0.15, 0.2) is 11.5 Å². The number of ether oxygens (including phenoxy) is 2. The Hall–Kier alpha value is -3.67. The third-order valence-electron chi connectivity index (χ3n) is 3.85. The molecule has 2 heterocycles. The van der Waals surface area contributed by atoms with Crippen molar-refractivity contribution in [2.75, 3.05) is 0 Å². The van der Waals surface area contributed by atoms with Crippen molar-refractivity contribution in [2.24, 2.45) is 4.99 Å². The van der Waals surface area contributed by atoms with Crippen molar-refractivity contribution >= 4 is 17.9 Å². The lowest BCUT2D eigenvalue weighted by Gasteiger charge is -2.09. The monoisotopic (exact) mass is 363 g/mol. The molecule has 27 heavy (non-hydrogen) atoms. The molecule has 0 atom stereocenters.